The number of carbonyl (C=O) groups is 3. The van der Waals surface area contributed by atoms with E-state index in [1.807, 2.05) is 30.3 Å². The lowest BCUT2D eigenvalue weighted by molar-refractivity contribution is -0.141. The quantitative estimate of drug-likeness (QED) is 0.731. The first kappa shape index (κ1) is 15.4. The summed E-state index contributed by atoms with van der Waals surface area (Å²) in [6.45, 7) is 0.413. The summed E-state index contributed by atoms with van der Waals surface area (Å²) in [7, 11) is 0. The Kier molecular flexibility index (Phi) is 5.21. The van der Waals surface area contributed by atoms with Gasteiger partial charge in [-0.25, -0.2) is 4.79 Å². The van der Waals surface area contributed by atoms with Gasteiger partial charge in [-0.1, -0.05) is 30.3 Å². The Morgan fingerprint density at radius 1 is 1.33 bits per heavy atom. The fourth-order valence-corrected chi connectivity index (χ4v) is 3.06. The molecule has 0 radical (unpaired) electrons. The molecule has 21 heavy (non-hydrogen) atoms. The first-order valence-corrected chi connectivity index (χ1v) is 7.56. The molecule has 2 rings (SSSR count). The van der Waals surface area contributed by atoms with Crippen LogP contribution in [-0.4, -0.2) is 39.9 Å². The molecule has 1 aromatic carbocycles. The number of rotatable bonds is 5. The number of benzene rings is 1. The van der Waals surface area contributed by atoms with E-state index < -0.39 is 23.2 Å². The largest absolute Gasteiger partial charge is 0.480 e. The number of hydrogen-bond donors (Lipinski definition) is 3. The predicted octanol–water partition coefficient (Wildman–Crippen LogP) is 0.378. The molecule has 0 aliphatic carbocycles. The van der Waals surface area contributed by atoms with Crippen LogP contribution in [0.5, 0.6) is 0 Å². The highest BCUT2D eigenvalue weighted by molar-refractivity contribution is 8.00. The minimum absolute atomic E-state index is 0.0513. The van der Waals surface area contributed by atoms with Crippen molar-refractivity contribution >= 4 is 29.5 Å². The highest BCUT2D eigenvalue weighted by atomic mass is 32.2. The predicted molar refractivity (Wildman–Crippen MR) is 78.7 cm³/mol. The maximum atomic E-state index is 11.8. The number of aliphatic carboxylic acids is 1. The Hall–Kier alpha value is -2.02. The summed E-state index contributed by atoms with van der Waals surface area (Å²) in [4.78, 5) is 34.3. The first-order valence-electron chi connectivity index (χ1n) is 6.51. The molecule has 6 nitrogen and oxygen atoms in total. The number of carboxylic acid groups (broad SMARTS) is 1. The third-order valence-corrected chi connectivity index (χ3v) is 4.38. The molecule has 1 aliphatic rings. The van der Waals surface area contributed by atoms with Crippen molar-refractivity contribution in [1.29, 1.82) is 0 Å². The normalized spacial score (nSPS) is 21.4. The fourth-order valence-electron chi connectivity index (χ4n) is 1.92. The summed E-state index contributed by atoms with van der Waals surface area (Å²) in [6, 6.07) is 8.61. The Balaban J connectivity index is 1.78. The summed E-state index contributed by atoms with van der Waals surface area (Å²) in [6.07, 6.45) is 0.0513. The van der Waals surface area contributed by atoms with Crippen molar-refractivity contribution in [3.05, 3.63) is 35.9 Å². The van der Waals surface area contributed by atoms with Gasteiger partial charge >= 0.3 is 5.97 Å². The minimum atomic E-state index is -1.05. The van der Waals surface area contributed by atoms with Gasteiger partial charge in [-0.3, -0.25) is 9.59 Å². The number of amides is 2. The highest BCUT2D eigenvalue weighted by Crippen LogP contribution is 2.21. The van der Waals surface area contributed by atoms with Crippen molar-refractivity contribution in [2.45, 2.75) is 24.3 Å². The van der Waals surface area contributed by atoms with E-state index in [1.165, 1.54) is 11.8 Å². The Morgan fingerprint density at radius 2 is 2.05 bits per heavy atom. The second-order valence-electron chi connectivity index (χ2n) is 4.69. The van der Waals surface area contributed by atoms with Crippen molar-refractivity contribution in [2.24, 2.45) is 0 Å². The van der Waals surface area contributed by atoms with Gasteiger partial charge in [-0.2, -0.15) is 0 Å². The van der Waals surface area contributed by atoms with Crippen LogP contribution in [0.1, 0.15) is 12.0 Å². The van der Waals surface area contributed by atoms with Crippen molar-refractivity contribution in [1.82, 2.24) is 10.6 Å². The topological polar surface area (TPSA) is 95.5 Å². The van der Waals surface area contributed by atoms with Crippen LogP contribution in [0.15, 0.2) is 30.3 Å². The second-order valence-corrected chi connectivity index (χ2v) is 5.92. The van der Waals surface area contributed by atoms with E-state index in [1.54, 1.807) is 0 Å². The SMILES string of the molecule is O=C(C[C@H]1SC[C@@H](C(=O)O)NC1=O)NCc1ccccc1. The minimum Gasteiger partial charge on any atom is -0.480 e. The second kappa shape index (κ2) is 7.12. The molecule has 1 aliphatic heterocycles. The van der Waals surface area contributed by atoms with Crippen molar-refractivity contribution in [2.75, 3.05) is 5.75 Å². The molecule has 0 bridgehead atoms. The molecule has 7 heteroatoms. The maximum Gasteiger partial charge on any atom is 0.327 e. The van der Waals surface area contributed by atoms with Crippen LogP contribution in [-0.2, 0) is 20.9 Å². The van der Waals surface area contributed by atoms with Crippen LogP contribution in [0.3, 0.4) is 0 Å². The Morgan fingerprint density at radius 3 is 2.67 bits per heavy atom. The van der Waals surface area contributed by atoms with Crippen LogP contribution in [0.2, 0.25) is 0 Å². The first-order chi connectivity index (χ1) is 10.1. The van der Waals surface area contributed by atoms with E-state index in [4.69, 9.17) is 5.11 Å². The molecule has 1 saturated heterocycles. The number of hydrogen-bond acceptors (Lipinski definition) is 4. The molecule has 0 aromatic heterocycles. The van der Waals surface area contributed by atoms with Crippen molar-refractivity contribution in [3.8, 4) is 0 Å². The molecule has 1 heterocycles. The monoisotopic (exact) mass is 308 g/mol. The Bertz CT molecular complexity index is 535. The van der Waals surface area contributed by atoms with Crippen LogP contribution in [0, 0.1) is 0 Å². The molecule has 2 amide bonds. The van der Waals surface area contributed by atoms with Gasteiger partial charge in [0.2, 0.25) is 11.8 Å². The van der Waals surface area contributed by atoms with Gasteiger partial charge in [0, 0.05) is 18.7 Å². The van der Waals surface area contributed by atoms with E-state index in [0.717, 1.165) is 5.56 Å². The number of thioether (sulfide) groups is 1. The van der Waals surface area contributed by atoms with Crippen LogP contribution < -0.4 is 10.6 Å². The molecule has 0 spiro atoms. The van der Waals surface area contributed by atoms with Gasteiger partial charge in [0.15, 0.2) is 0 Å². The standard InChI is InChI=1S/C14H16N2O4S/c17-12(15-7-9-4-2-1-3-5-9)6-11-13(18)16-10(8-21-11)14(19)20/h1-5,10-11H,6-8H2,(H,15,17)(H,16,18)(H,19,20)/t10-,11+/m0/s1. The van der Waals surface area contributed by atoms with Gasteiger partial charge in [0.1, 0.15) is 6.04 Å². The maximum absolute atomic E-state index is 11.8. The molecule has 3 N–H and O–H groups in total. The third kappa shape index (κ3) is 4.49. The molecular formula is C14H16N2O4S. The molecule has 2 atom stereocenters. The van der Waals surface area contributed by atoms with E-state index in [-0.39, 0.29) is 18.1 Å². The smallest absolute Gasteiger partial charge is 0.327 e. The lowest BCUT2D eigenvalue weighted by Gasteiger charge is -2.25. The zero-order valence-corrected chi connectivity index (χ0v) is 12.1. The lowest BCUT2D eigenvalue weighted by atomic mass is 10.2. The van der Waals surface area contributed by atoms with Gasteiger partial charge < -0.3 is 15.7 Å². The summed E-state index contributed by atoms with van der Waals surface area (Å²) in [5.74, 6) is -1.39. The van der Waals surface area contributed by atoms with Gasteiger partial charge in [0.25, 0.3) is 0 Å². The molecule has 112 valence electrons. The molecule has 0 unspecified atom stereocenters. The van der Waals surface area contributed by atoms with Gasteiger partial charge in [-0.15, -0.1) is 11.8 Å². The summed E-state index contributed by atoms with van der Waals surface area (Å²) in [5, 5.41) is 13.5. The van der Waals surface area contributed by atoms with Gasteiger partial charge in [0.05, 0.1) is 5.25 Å². The van der Waals surface area contributed by atoms with E-state index in [0.29, 0.717) is 6.54 Å². The molecular weight excluding hydrogens is 292 g/mol. The zero-order chi connectivity index (χ0) is 15.2. The van der Waals surface area contributed by atoms with Crippen LogP contribution in [0.4, 0.5) is 0 Å². The number of nitrogens with one attached hydrogen (secondary N) is 2. The van der Waals surface area contributed by atoms with Crippen LogP contribution >= 0.6 is 11.8 Å². The zero-order valence-electron chi connectivity index (χ0n) is 11.2. The van der Waals surface area contributed by atoms with Gasteiger partial charge in [-0.05, 0) is 5.56 Å². The summed E-state index contributed by atoms with van der Waals surface area (Å²) in [5.41, 5.74) is 0.984. The number of carbonyl (C=O) groups excluding carboxylic acids is 2. The van der Waals surface area contributed by atoms with Crippen molar-refractivity contribution < 1.29 is 19.5 Å². The average molecular weight is 308 g/mol. The lowest BCUT2D eigenvalue weighted by Crippen LogP contribution is -2.51. The fraction of sp³-hybridized carbons (Fsp3) is 0.357. The van der Waals surface area contributed by atoms with E-state index in [2.05, 4.69) is 10.6 Å². The van der Waals surface area contributed by atoms with Crippen molar-refractivity contribution in [3.63, 3.8) is 0 Å². The average Bonchev–Trinajstić information content (AvgIpc) is 2.48. The van der Waals surface area contributed by atoms with E-state index in [9.17, 15) is 14.4 Å². The molecule has 1 fully saturated rings. The highest BCUT2D eigenvalue weighted by Gasteiger charge is 2.33. The Labute approximate surface area is 126 Å². The molecule has 0 saturated carbocycles. The molecule has 1 aromatic rings. The third-order valence-electron chi connectivity index (χ3n) is 3.07. The van der Waals surface area contributed by atoms with Crippen LogP contribution in [0.25, 0.3) is 0 Å². The summed E-state index contributed by atoms with van der Waals surface area (Å²) >= 11 is 1.20. The summed E-state index contributed by atoms with van der Waals surface area (Å²) < 4.78 is 0. The van der Waals surface area contributed by atoms with E-state index >= 15 is 0 Å². The number of carboxylic acids is 1.